The molecule has 17 heavy (non-hydrogen) atoms. The molecule has 0 aliphatic heterocycles. The average Bonchev–Trinajstić information content (AvgIpc) is 3.02. The van der Waals surface area contributed by atoms with Gasteiger partial charge < -0.3 is 4.57 Å². The van der Waals surface area contributed by atoms with E-state index in [0.717, 1.165) is 12.2 Å². The van der Waals surface area contributed by atoms with E-state index in [2.05, 4.69) is 28.3 Å². The second-order valence-corrected chi connectivity index (χ2v) is 3.98. The van der Waals surface area contributed by atoms with E-state index < -0.39 is 0 Å². The van der Waals surface area contributed by atoms with Crippen LogP contribution in [0.3, 0.4) is 0 Å². The maximum Gasteiger partial charge on any atom is 0.0645 e. The molecule has 0 spiro atoms. The molecule has 0 aliphatic carbocycles. The highest BCUT2D eigenvalue weighted by Crippen LogP contribution is 2.08. The van der Waals surface area contributed by atoms with Gasteiger partial charge in [0.05, 0.1) is 18.4 Å². The summed E-state index contributed by atoms with van der Waals surface area (Å²) in [5.74, 6) is 0. The van der Waals surface area contributed by atoms with Crippen molar-refractivity contribution in [3.05, 3.63) is 72.8 Å². The molecule has 2 heterocycles. The van der Waals surface area contributed by atoms with Gasteiger partial charge in [-0.3, -0.25) is 0 Å². The normalized spacial score (nSPS) is 10.6. The number of rotatable bonds is 3. The van der Waals surface area contributed by atoms with Crippen LogP contribution in [-0.2, 0) is 6.54 Å². The molecule has 84 valence electrons. The van der Waals surface area contributed by atoms with E-state index in [9.17, 15) is 0 Å². The van der Waals surface area contributed by atoms with E-state index >= 15 is 0 Å². The lowest BCUT2D eigenvalue weighted by Gasteiger charge is -2.00. The highest BCUT2D eigenvalue weighted by atomic mass is 15.3. The molecular weight excluding hydrogens is 210 g/mol. The Balaban J connectivity index is 1.84. The first-order valence-corrected chi connectivity index (χ1v) is 5.61. The Morgan fingerprint density at radius 1 is 0.941 bits per heavy atom. The van der Waals surface area contributed by atoms with Gasteiger partial charge in [0, 0.05) is 24.2 Å². The molecule has 0 saturated heterocycles. The molecule has 2 aromatic heterocycles. The van der Waals surface area contributed by atoms with E-state index in [1.165, 1.54) is 5.56 Å². The molecule has 0 saturated carbocycles. The van der Waals surface area contributed by atoms with Gasteiger partial charge in [0.15, 0.2) is 0 Å². The molecule has 0 unspecified atom stereocenters. The summed E-state index contributed by atoms with van der Waals surface area (Å²) in [6, 6.07) is 14.2. The van der Waals surface area contributed by atoms with Gasteiger partial charge in [-0.25, -0.2) is 4.68 Å². The first-order chi connectivity index (χ1) is 8.42. The van der Waals surface area contributed by atoms with E-state index in [-0.39, 0.29) is 0 Å². The Hall–Kier alpha value is -2.29. The van der Waals surface area contributed by atoms with E-state index in [4.69, 9.17) is 0 Å². The van der Waals surface area contributed by atoms with E-state index in [0.29, 0.717) is 0 Å². The van der Waals surface area contributed by atoms with Gasteiger partial charge in [0.2, 0.25) is 0 Å². The standard InChI is InChI=1S/C14H13N3/c1-2-6-14(7-3-1)17-12-13(10-15-17)11-16-8-4-5-9-16/h1-10,12H,11H2. The highest BCUT2D eigenvalue weighted by Gasteiger charge is 2.00. The third-order valence-corrected chi connectivity index (χ3v) is 2.69. The molecule has 0 atom stereocenters. The van der Waals surface area contributed by atoms with Crippen LogP contribution in [0.25, 0.3) is 5.69 Å². The fourth-order valence-corrected chi connectivity index (χ4v) is 1.85. The second-order valence-electron chi connectivity index (χ2n) is 3.98. The molecule has 0 N–H and O–H groups in total. The van der Waals surface area contributed by atoms with Crippen molar-refractivity contribution >= 4 is 0 Å². The zero-order valence-electron chi connectivity index (χ0n) is 9.40. The minimum Gasteiger partial charge on any atom is -0.350 e. The Morgan fingerprint density at radius 2 is 1.71 bits per heavy atom. The summed E-state index contributed by atoms with van der Waals surface area (Å²) in [5.41, 5.74) is 2.29. The van der Waals surface area contributed by atoms with Crippen LogP contribution in [0.5, 0.6) is 0 Å². The van der Waals surface area contributed by atoms with Crippen LogP contribution in [0, 0.1) is 0 Å². The molecule has 3 heteroatoms. The summed E-state index contributed by atoms with van der Waals surface area (Å²) in [7, 11) is 0. The predicted octanol–water partition coefficient (Wildman–Crippen LogP) is 2.72. The largest absolute Gasteiger partial charge is 0.350 e. The summed E-state index contributed by atoms with van der Waals surface area (Å²) in [6.07, 6.45) is 8.09. The lowest BCUT2D eigenvalue weighted by Crippen LogP contribution is -1.95. The van der Waals surface area contributed by atoms with Crippen LogP contribution >= 0.6 is 0 Å². The Morgan fingerprint density at radius 3 is 2.47 bits per heavy atom. The van der Waals surface area contributed by atoms with Crippen molar-refractivity contribution in [3.63, 3.8) is 0 Å². The first kappa shape index (κ1) is 9.90. The minimum atomic E-state index is 0.861. The molecule has 3 nitrogen and oxygen atoms in total. The molecule has 3 rings (SSSR count). The summed E-state index contributed by atoms with van der Waals surface area (Å²) < 4.78 is 4.03. The van der Waals surface area contributed by atoms with Crippen molar-refractivity contribution in [1.29, 1.82) is 0 Å². The monoisotopic (exact) mass is 223 g/mol. The molecule has 0 aliphatic rings. The summed E-state index contributed by atoms with van der Waals surface area (Å²) in [5, 5.41) is 4.37. The van der Waals surface area contributed by atoms with Crippen molar-refractivity contribution < 1.29 is 0 Å². The van der Waals surface area contributed by atoms with Gasteiger partial charge in [-0.15, -0.1) is 0 Å². The van der Waals surface area contributed by atoms with Gasteiger partial charge in [-0.05, 0) is 24.3 Å². The molecule has 3 aromatic rings. The zero-order chi connectivity index (χ0) is 11.5. The smallest absolute Gasteiger partial charge is 0.0645 e. The third-order valence-electron chi connectivity index (χ3n) is 2.69. The van der Waals surface area contributed by atoms with Gasteiger partial charge >= 0.3 is 0 Å². The van der Waals surface area contributed by atoms with Crippen molar-refractivity contribution in [2.75, 3.05) is 0 Å². The molecular formula is C14H13N3. The van der Waals surface area contributed by atoms with Gasteiger partial charge in [0.25, 0.3) is 0 Å². The van der Waals surface area contributed by atoms with Gasteiger partial charge in [0.1, 0.15) is 0 Å². The lowest BCUT2D eigenvalue weighted by molar-refractivity contribution is 0.805. The highest BCUT2D eigenvalue weighted by molar-refractivity contribution is 5.30. The van der Waals surface area contributed by atoms with Crippen LogP contribution in [0.15, 0.2) is 67.3 Å². The van der Waals surface area contributed by atoms with Crippen LogP contribution in [0.4, 0.5) is 0 Å². The second kappa shape index (κ2) is 4.29. The number of benzene rings is 1. The topological polar surface area (TPSA) is 22.8 Å². The van der Waals surface area contributed by atoms with E-state index in [1.54, 1.807) is 0 Å². The van der Waals surface area contributed by atoms with Crippen molar-refractivity contribution in [2.24, 2.45) is 0 Å². The predicted molar refractivity (Wildman–Crippen MR) is 67.1 cm³/mol. The minimum absolute atomic E-state index is 0.861. The van der Waals surface area contributed by atoms with Crippen molar-refractivity contribution in [1.82, 2.24) is 14.3 Å². The number of para-hydroxylation sites is 1. The lowest BCUT2D eigenvalue weighted by atomic mass is 10.3. The Labute approximate surface area is 99.9 Å². The molecule has 1 aromatic carbocycles. The van der Waals surface area contributed by atoms with Gasteiger partial charge in [-0.2, -0.15) is 5.10 Å². The first-order valence-electron chi connectivity index (χ1n) is 5.61. The number of hydrogen-bond donors (Lipinski definition) is 0. The Kier molecular flexibility index (Phi) is 2.50. The van der Waals surface area contributed by atoms with Crippen LogP contribution in [0.1, 0.15) is 5.56 Å². The fraction of sp³-hybridized carbons (Fsp3) is 0.0714. The van der Waals surface area contributed by atoms with Gasteiger partial charge in [-0.1, -0.05) is 18.2 Å². The third kappa shape index (κ3) is 2.13. The van der Waals surface area contributed by atoms with E-state index in [1.807, 2.05) is 53.3 Å². The molecule has 0 radical (unpaired) electrons. The molecule has 0 bridgehead atoms. The van der Waals surface area contributed by atoms with Crippen LogP contribution < -0.4 is 0 Å². The SMILES string of the molecule is c1ccc(-n2cc(Cn3cccc3)cn2)cc1. The maximum absolute atomic E-state index is 4.37. The zero-order valence-corrected chi connectivity index (χ0v) is 9.40. The van der Waals surface area contributed by atoms with Crippen LogP contribution in [0.2, 0.25) is 0 Å². The molecule has 0 amide bonds. The number of nitrogens with zero attached hydrogens (tertiary/aromatic N) is 3. The van der Waals surface area contributed by atoms with Crippen molar-refractivity contribution in [3.8, 4) is 5.69 Å². The molecule has 0 fully saturated rings. The van der Waals surface area contributed by atoms with Crippen LogP contribution in [-0.4, -0.2) is 14.3 Å². The van der Waals surface area contributed by atoms with Crippen molar-refractivity contribution in [2.45, 2.75) is 6.54 Å². The summed E-state index contributed by atoms with van der Waals surface area (Å²) in [6.45, 7) is 0.861. The number of aromatic nitrogens is 3. The summed E-state index contributed by atoms with van der Waals surface area (Å²) >= 11 is 0. The quantitative estimate of drug-likeness (QED) is 0.669. The average molecular weight is 223 g/mol. The maximum atomic E-state index is 4.37. The number of hydrogen-bond acceptors (Lipinski definition) is 1. The summed E-state index contributed by atoms with van der Waals surface area (Å²) in [4.78, 5) is 0. The fourth-order valence-electron chi connectivity index (χ4n) is 1.85. The Bertz CT molecular complexity index is 579.